The number of rotatable bonds is 4. The lowest BCUT2D eigenvalue weighted by atomic mass is 10.1. The van der Waals surface area contributed by atoms with Crippen molar-refractivity contribution in [3.05, 3.63) is 82.5 Å². The summed E-state index contributed by atoms with van der Waals surface area (Å²) in [4.78, 5) is 42.1. The van der Waals surface area contributed by atoms with E-state index in [-0.39, 0.29) is 16.9 Å². The minimum absolute atomic E-state index is 0.0600. The van der Waals surface area contributed by atoms with E-state index in [0.29, 0.717) is 29.1 Å². The molecule has 0 atom stereocenters. The summed E-state index contributed by atoms with van der Waals surface area (Å²) in [7, 11) is 0. The van der Waals surface area contributed by atoms with Crippen molar-refractivity contribution in [3.63, 3.8) is 0 Å². The van der Waals surface area contributed by atoms with Crippen LogP contribution >= 0.6 is 0 Å². The largest absolute Gasteiger partial charge is 0.290 e. The molecular weight excluding hydrogens is 382 g/mol. The first-order valence-electron chi connectivity index (χ1n) is 9.54. The molecule has 0 saturated carbocycles. The van der Waals surface area contributed by atoms with Gasteiger partial charge in [0.25, 0.3) is 17.4 Å². The first-order chi connectivity index (χ1) is 14.6. The molecule has 8 heteroatoms. The van der Waals surface area contributed by atoms with Crippen LogP contribution in [-0.4, -0.2) is 26.6 Å². The summed E-state index contributed by atoms with van der Waals surface area (Å²) >= 11 is 0. The lowest BCUT2D eigenvalue weighted by molar-refractivity contribution is 0.0842. The molecule has 4 aromatic rings. The summed E-state index contributed by atoms with van der Waals surface area (Å²) in [5.41, 5.74) is 4.78. The molecule has 2 N–H and O–H groups in total. The van der Waals surface area contributed by atoms with E-state index in [1.165, 1.54) is 10.9 Å². The average Bonchev–Trinajstić information content (AvgIpc) is 2.79. The van der Waals surface area contributed by atoms with Crippen molar-refractivity contribution >= 4 is 33.4 Å². The van der Waals surface area contributed by atoms with Gasteiger partial charge in [0, 0.05) is 23.5 Å². The number of aryl methyl sites for hydroxylation is 1. The summed E-state index contributed by atoms with van der Waals surface area (Å²) < 4.78 is 1.27. The van der Waals surface area contributed by atoms with Crippen molar-refractivity contribution < 1.29 is 9.59 Å². The predicted octanol–water partition coefficient (Wildman–Crippen LogP) is 2.43. The second-order valence-electron chi connectivity index (χ2n) is 6.71. The van der Waals surface area contributed by atoms with E-state index in [4.69, 9.17) is 0 Å². The van der Waals surface area contributed by atoms with Crippen LogP contribution in [0, 0.1) is 0 Å². The van der Waals surface area contributed by atoms with Crippen LogP contribution < -0.4 is 16.4 Å². The highest BCUT2D eigenvalue weighted by atomic mass is 16.2. The fourth-order valence-corrected chi connectivity index (χ4v) is 3.30. The summed E-state index contributed by atoms with van der Waals surface area (Å²) in [5, 5.41) is 6.57. The Kier molecular flexibility index (Phi) is 5.21. The van der Waals surface area contributed by atoms with E-state index in [9.17, 15) is 14.4 Å². The fourth-order valence-electron chi connectivity index (χ4n) is 3.30. The first-order valence-corrected chi connectivity index (χ1v) is 9.54. The molecule has 30 heavy (non-hydrogen) atoms. The molecule has 2 aromatic heterocycles. The SMILES string of the molecule is CCCn1nc(C(=O)NNC(=O)c2nccc3ccccc23)c2ccccc2c1=O. The van der Waals surface area contributed by atoms with Crippen molar-refractivity contribution in [2.24, 2.45) is 0 Å². The zero-order valence-corrected chi connectivity index (χ0v) is 16.3. The number of aromatic nitrogens is 3. The number of benzene rings is 2. The number of carbonyl (C=O) groups is 2. The van der Waals surface area contributed by atoms with Crippen LogP contribution in [0.25, 0.3) is 21.5 Å². The maximum Gasteiger partial charge on any atom is 0.290 e. The van der Waals surface area contributed by atoms with Gasteiger partial charge in [-0.05, 0) is 23.9 Å². The van der Waals surface area contributed by atoms with E-state index in [2.05, 4.69) is 20.9 Å². The quantitative estimate of drug-likeness (QED) is 0.511. The van der Waals surface area contributed by atoms with Gasteiger partial charge in [-0.25, -0.2) is 4.68 Å². The van der Waals surface area contributed by atoms with Gasteiger partial charge < -0.3 is 0 Å². The number of carbonyl (C=O) groups excluding carboxylic acids is 2. The fraction of sp³-hybridized carbons (Fsp3) is 0.136. The molecule has 2 heterocycles. The van der Waals surface area contributed by atoms with Crippen LogP contribution in [0.2, 0.25) is 0 Å². The molecule has 0 unspecified atom stereocenters. The molecular formula is C22H19N5O3. The van der Waals surface area contributed by atoms with E-state index in [1.54, 1.807) is 36.4 Å². The molecule has 0 aliphatic heterocycles. The minimum Gasteiger partial charge on any atom is -0.267 e. The minimum atomic E-state index is -0.621. The molecule has 0 radical (unpaired) electrons. The van der Waals surface area contributed by atoms with Crippen molar-refractivity contribution in [2.45, 2.75) is 19.9 Å². The Morgan fingerprint density at radius 3 is 2.23 bits per heavy atom. The third-order valence-electron chi connectivity index (χ3n) is 4.70. The molecule has 0 saturated heterocycles. The zero-order valence-electron chi connectivity index (χ0n) is 16.3. The molecule has 2 amide bonds. The third-order valence-corrected chi connectivity index (χ3v) is 4.70. The highest BCUT2D eigenvalue weighted by Crippen LogP contribution is 2.16. The summed E-state index contributed by atoms with van der Waals surface area (Å²) in [5.74, 6) is -1.17. The molecule has 2 aromatic carbocycles. The van der Waals surface area contributed by atoms with Crippen LogP contribution in [0.15, 0.2) is 65.6 Å². The van der Waals surface area contributed by atoms with Crippen LogP contribution in [0.1, 0.15) is 34.3 Å². The van der Waals surface area contributed by atoms with Gasteiger partial charge in [0.1, 0.15) is 5.69 Å². The Bertz CT molecular complexity index is 1320. The second kappa shape index (κ2) is 8.12. The summed E-state index contributed by atoms with van der Waals surface area (Å²) in [6.45, 7) is 2.30. The average molecular weight is 401 g/mol. The van der Waals surface area contributed by atoms with E-state index in [1.807, 2.05) is 25.1 Å². The predicted molar refractivity (Wildman–Crippen MR) is 113 cm³/mol. The van der Waals surface area contributed by atoms with Gasteiger partial charge >= 0.3 is 0 Å². The van der Waals surface area contributed by atoms with Crippen molar-refractivity contribution in [1.29, 1.82) is 0 Å². The Morgan fingerprint density at radius 1 is 0.867 bits per heavy atom. The number of hydrogen-bond acceptors (Lipinski definition) is 5. The van der Waals surface area contributed by atoms with Gasteiger partial charge in [-0.1, -0.05) is 49.4 Å². The maximum absolute atomic E-state index is 12.8. The Balaban J connectivity index is 1.63. The molecule has 4 rings (SSSR count). The van der Waals surface area contributed by atoms with Gasteiger partial charge in [0.15, 0.2) is 5.69 Å². The van der Waals surface area contributed by atoms with E-state index >= 15 is 0 Å². The monoisotopic (exact) mass is 401 g/mol. The van der Waals surface area contributed by atoms with E-state index < -0.39 is 11.8 Å². The Hall–Kier alpha value is -4.07. The number of pyridine rings is 1. The number of nitrogens with one attached hydrogen (secondary N) is 2. The van der Waals surface area contributed by atoms with Crippen LogP contribution in [-0.2, 0) is 6.54 Å². The van der Waals surface area contributed by atoms with Crippen molar-refractivity contribution in [1.82, 2.24) is 25.6 Å². The molecule has 0 aliphatic rings. The molecule has 8 nitrogen and oxygen atoms in total. The van der Waals surface area contributed by atoms with Crippen LogP contribution in [0.5, 0.6) is 0 Å². The van der Waals surface area contributed by atoms with Crippen LogP contribution in [0.3, 0.4) is 0 Å². The highest BCUT2D eigenvalue weighted by molar-refractivity contribution is 6.08. The molecule has 150 valence electrons. The van der Waals surface area contributed by atoms with Gasteiger partial charge in [-0.2, -0.15) is 5.10 Å². The molecule has 0 bridgehead atoms. The normalized spacial score (nSPS) is 10.8. The molecule has 0 fully saturated rings. The number of nitrogens with zero attached hydrogens (tertiary/aromatic N) is 3. The Labute approximate surface area is 171 Å². The lowest BCUT2D eigenvalue weighted by Crippen LogP contribution is -2.43. The first kappa shape index (κ1) is 19.3. The van der Waals surface area contributed by atoms with Gasteiger partial charge in [0.05, 0.1) is 5.39 Å². The molecule has 0 spiro atoms. The number of hydrogen-bond donors (Lipinski definition) is 2. The summed E-state index contributed by atoms with van der Waals surface area (Å²) in [6.07, 6.45) is 2.23. The Morgan fingerprint density at radius 2 is 1.50 bits per heavy atom. The highest BCUT2D eigenvalue weighted by Gasteiger charge is 2.18. The number of amides is 2. The van der Waals surface area contributed by atoms with Gasteiger partial charge in [-0.15, -0.1) is 0 Å². The van der Waals surface area contributed by atoms with Gasteiger partial charge in [-0.3, -0.25) is 30.2 Å². The van der Waals surface area contributed by atoms with E-state index in [0.717, 1.165) is 5.39 Å². The maximum atomic E-state index is 12.8. The smallest absolute Gasteiger partial charge is 0.267 e. The number of hydrazine groups is 1. The third kappa shape index (κ3) is 3.50. The van der Waals surface area contributed by atoms with Crippen LogP contribution in [0.4, 0.5) is 0 Å². The van der Waals surface area contributed by atoms with Gasteiger partial charge in [0.2, 0.25) is 0 Å². The van der Waals surface area contributed by atoms with Crippen molar-refractivity contribution in [2.75, 3.05) is 0 Å². The number of fused-ring (bicyclic) bond motifs is 2. The topological polar surface area (TPSA) is 106 Å². The second-order valence-corrected chi connectivity index (χ2v) is 6.71. The molecule has 0 aliphatic carbocycles. The van der Waals surface area contributed by atoms with Crippen molar-refractivity contribution in [3.8, 4) is 0 Å². The summed E-state index contributed by atoms with van der Waals surface area (Å²) in [6, 6.07) is 15.9. The zero-order chi connectivity index (χ0) is 21.1. The standard InChI is InChI=1S/C22H19N5O3/c1-2-13-27-22(30)17-10-6-5-9-16(17)19(26-27)21(29)25-24-20(28)18-15-8-4-3-7-14(15)11-12-23-18/h3-12H,2,13H2,1H3,(H,24,28)(H,25,29). The lowest BCUT2D eigenvalue weighted by Gasteiger charge is -2.12.